The lowest BCUT2D eigenvalue weighted by molar-refractivity contribution is 0.975. The van der Waals surface area contributed by atoms with Crippen LogP contribution in [0.3, 0.4) is 0 Å². The van der Waals surface area contributed by atoms with Crippen LogP contribution < -0.4 is 0 Å². The zero-order valence-corrected chi connectivity index (χ0v) is 15.3. The second-order valence-corrected chi connectivity index (χ2v) is 5.93. The van der Waals surface area contributed by atoms with E-state index in [1.54, 1.807) is 0 Å². The van der Waals surface area contributed by atoms with Gasteiger partial charge in [0.05, 0.1) is 0 Å². The van der Waals surface area contributed by atoms with Crippen LogP contribution in [0.5, 0.6) is 0 Å². The average molecular weight is 316 g/mol. The predicted molar refractivity (Wildman–Crippen MR) is 108 cm³/mol. The zero-order chi connectivity index (χ0) is 17.4. The molecule has 0 atom stereocenters. The molecule has 0 N–H and O–H groups in total. The monoisotopic (exact) mass is 316 g/mol. The summed E-state index contributed by atoms with van der Waals surface area (Å²) in [6.45, 7) is 8.31. The first-order chi connectivity index (χ1) is 11.7. The van der Waals surface area contributed by atoms with Crippen molar-refractivity contribution in [3.05, 3.63) is 89.5 Å². The SMILES string of the molecule is CC.CC1=CCCc2ccccc21.Cc1ccc2ccccc2c1. The molecule has 24 heavy (non-hydrogen) atoms. The van der Waals surface area contributed by atoms with Crippen molar-refractivity contribution in [2.45, 2.75) is 40.5 Å². The van der Waals surface area contributed by atoms with Crippen molar-refractivity contribution in [1.29, 1.82) is 0 Å². The van der Waals surface area contributed by atoms with E-state index in [0.29, 0.717) is 0 Å². The second kappa shape index (κ2) is 9.08. The zero-order valence-electron chi connectivity index (χ0n) is 15.3. The minimum absolute atomic E-state index is 1.21. The summed E-state index contributed by atoms with van der Waals surface area (Å²) >= 11 is 0. The highest BCUT2D eigenvalue weighted by molar-refractivity contribution is 5.82. The Balaban J connectivity index is 0.000000158. The van der Waals surface area contributed by atoms with Crippen LogP contribution in [0.4, 0.5) is 0 Å². The maximum atomic E-state index is 2.32. The Morgan fingerprint density at radius 3 is 2.12 bits per heavy atom. The molecule has 0 aliphatic heterocycles. The molecule has 1 aliphatic rings. The van der Waals surface area contributed by atoms with E-state index >= 15 is 0 Å². The van der Waals surface area contributed by atoms with Gasteiger partial charge in [-0.2, -0.15) is 0 Å². The van der Waals surface area contributed by atoms with Crippen LogP contribution in [0, 0.1) is 6.92 Å². The summed E-state index contributed by atoms with van der Waals surface area (Å²) in [7, 11) is 0. The van der Waals surface area contributed by atoms with Crippen molar-refractivity contribution in [2.24, 2.45) is 0 Å². The first-order valence-electron chi connectivity index (χ1n) is 8.94. The van der Waals surface area contributed by atoms with Crippen LogP contribution in [-0.2, 0) is 6.42 Å². The van der Waals surface area contributed by atoms with E-state index in [4.69, 9.17) is 0 Å². The van der Waals surface area contributed by atoms with Crippen LogP contribution in [0.25, 0.3) is 16.3 Å². The normalized spacial score (nSPS) is 12.1. The molecule has 3 aromatic carbocycles. The van der Waals surface area contributed by atoms with E-state index < -0.39 is 0 Å². The van der Waals surface area contributed by atoms with Gasteiger partial charge in [-0.15, -0.1) is 0 Å². The third-order valence-electron chi connectivity index (χ3n) is 4.21. The van der Waals surface area contributed by atoms with Gasteiger partial charge in [0.2, 0.25) is 0 Å². The fourth-order valence-electron chi connectivity index (χ4n) is 2.99. The summed E-state index contributed by atoms with van der Waals surface area (Å²) in [4.78, 5) is 0. The lowest BCUT2D eigenvalue weighted by Gasteiger charge is -2.13. The van der Waals surface area contributed by atoms with Crippen LogP contribution in [0.2, 0.25) is 0 Å². The highest BCUT2D eigenvalue weighted by Gasteiger charge is 2.06. The van der Waals surface area contributed by atoms with Gasteiger partial charge in [0.25, 0.3) is 0 Å². The Hall–Kier alpha value is -2.34. The van der Waals surface area contributed by atoms with Gasteiger partial charge in [-0.1, -0.05) is 92.2 Å². The van der Waals surface area contributed by atoms with Crippen molar-refractivity contribution in [2.75, 3.05) is 0 Å². The van der Waals surface area contributed by atoms with E-state index in [-0.39, 0.29) is 0 Å². The summed E-state index contributed by atoms with van der Waals surface area (Å²) in [5, 5.41) is 2.64. The van der Waals surface area contributed by atoms with Gasteiger partial charge in [-0.25, -0.2) is 0 Å². The van der Waals surface area contributed by atoms with Gasteiger partial charge in [-0.05, 0) is 54.2 Å². The molecule has 3 aromatic rings. The van der Waals surface area contributed by atoms with Gasteiger partial charge in [0.15, 0.2) is 0 Å². The molecule has 0 unspecified atom stereocenters. The standard InChI is InChI=1S/C11H12.C11H10.C2H6/c1-9-5-4-7-10-6-2-3-8-11(9)10;1-9-6-7-10-4-2-3-5-11(10)8-9;1-2/h2-3,5-6,8H,4,7H2,1H3;2-8H,1H3;1-2H3. The predicted octanol–water partition coefficient (Wildman–Crippen LogP) is 7.21. The number of rotatable bonds is 0. The number of benzene rings is 3. The third-order valence-corrected chi connectivity index (χ3v) is 4.21. The molecule has 0 aromatic heterocycles. The van der Waals surface area contributed by atoms with Crippen LogP contribution in [-0.4, -0.2) is 0 Å². The van der Waals surface area contributed by atoms with E-state index in [2.05, 4.69) is 86.7 Å². The highest BCUT2D eigenvalue weighted by atomic mass is 14.1. The minimum Gasteiger partial charge on any atom is -0.0807 e. The topological polar surface area (TPSA) is 0 Å². The third kappa shape index (κ3) is 4.58. The number of fused-ring (bicyclic) bond motifs is 2. The van der Waals surface area contributed by atoms with E-state index in [0.717, 1.165) is 0 Å². The number of aryl methyl sites for hydroxylation is 2. The molecule has 124 valence electrons. The fraction of sp³-hybridized carbons (Fsp3) is 0.250. The molecule has 0 heteroatoms. The Bertz CT molecular complexity index is 809. The van der Waals surface area contributed by atoms with E-state index in [1.807, 2.05) is 13.8 Å². The van der Waals surface area contributed by atoms with Crippen LogP contribution in [0.15, 0.2) is 72.8 Å². The molecule has 0 saturated heterocycles. The smallest absolute Gasteiger partial charge is 0.0181 e. The molecule has 0 saturated carbocycles. The van der Waals surface area contributed by atoms with E-state index in [9.17, 15) is 0 Å². The van der Waals surface area contributed by atoms with Crippen molar-refractivity contribution in [3.8, 4) is 0 Å². The van der Waals surface area contributed by atoms with Crippen molar-refractivity contribution in [3.63, 3.8) is 0 Å². The first-order valence-corrected chi connectivity index (χ1v) is 8.94. The maximum absolute atomic E-state index is 2.32. The summed E-state index contributed by atoms with van der Waals surface area (Å²) in [5.41, 5.74) is 5.71. The average Bonchev–Trinajstić information content (AvgIpc) is 2.64. The summed E-state index contributed by atoms with van der Waals surface area (Å²) in [5.74, 6) is 0. The Morgan fingerprint density at radius 1 is 0.708 bits per heavy atom. The summed E-state index contributed by atoms with van der Waals surface area (Å²) in [6.07, 6.45) is 4.75. The van der Waals surface area contributed by atoms with Crippen molar-refractivity contribution >= 4 is 16.3 Å². The van der Waals surface area contributed by atoms with Crippen molar-refractivity contribution < 1.29 is 0 Å². The summed E-state index contributed by atoms with van der Waals surface area (Å²) < 4.78 is 0. The lowest BCUT2D eigenvalue weighted by Crippen LogP contribution is -1.96. The van der Waals surface area contributed by atoms with Gasteiger partial charge in [0.1, 0.15) is 0 Å². The molecule has 4 rings (SSSR count). The maximum Gasteiger partial charge on any atom is -0.0181 e. The molecule has 0 fully saturated rings. The van der Waals surface area contributed by atoms with E-state index in [1.165, 1.54) is 45.9 Å². The molecule has 0 radical (unpaired) electrons. The Kier molecular flexibility index (Phi) is 6.81. The van der Waals surface area contributed by atoms with Crippen molar-refractivity contribution in [1.82, 2.24) is 0 Å². The van der Waals surface area contributed by atoms with Crippen LogP contribution >= 0.6 is 0 Å². The van der Waals surface area contributed by atoms with Crippen LogP contribution in [0.1, 0.15) is 43.9 Å². The second-order valence-electron chi connectivity index (χ2n) is 5.93. The molecule has 0 bridgehead atoms. The molecule has 0 amide bonds. The summed E-state index contributed by atoms with van der Waals surface area (Å²) in [6, 6.07) is 23.6. The Morgan fingerprint density at radius 2 is 1.38 bits per heavy atom. The highest BCUT2D eigenvalue weighted by Crippen LogP contribution is 2.24. The number of hydrogen-bond donors (Lipinski definition) is 0. The quantitative estimate of drug-likeness (QED) is 0.411. The van der Waals surface area contributed by atoms with Gasteiger partial charge in [-0.3, -0.25) is 0 Å². The molecule has 0 spiro atoms. The minimum atomic E-state index is 1.21. The fourth-order valence-corrected chi connectivity index (χ4v) is 2.99. The first kappa shape index (κ1) is 18.0. The Labute approximate surface area is 146 Å². The lowest BCUT2D eigenvalue weighted by atomic mass is 9.92. The number of hydrogen-bond acceptors (Lipinski definition) is 0. The number of allylic oxidation sites excluding steroid dienone is 2. The van der Waals surface area contributed by atoms with Gasteiger partial charge in [0, 0.05) is 0 Å². The van der Waals surface area contributed by atoms with Gasteiger partial charge >= 0.3 is 0 Å². The molecule has 0 heterocycles. The molecule has 0 nitrogen and oxygen atoms in total. The van der Waals surface area contributed by atoms with Gasteiger partial charge < -0.3 is 0 Å². The molecule has 1 aliphatic carbocycles. The molecular formula is C24H28. The largest absolute Gasteiger partial charge is 0.0807 e. The molecular weight excluding hydrogens is 288 g/mol.